The van der Waals surface area contributed by atoms with Gasteiger partial charge in [-0.15, -0.1) is 11.3 Å². The first-order chi connectivity index (χ1) is 12.6. The van der Waals surface area contributed by atoms with Gasteiger partial charge in [0, 0.05) is 10.4 Å². The van der Waals surface area contributed by atoms with Gasteiger partial charge in [-0.2, -0.15) is 0 Å². The lowest BCUT2D eigenvalue weighted by Gasteiger charge is -2.07. The minimum atomic E-state index is -0.703. The molecule has 0 aliphatic carbocycles. The lowest BCUT2D eigenvalue weighted by molar-refractivity contribution is -0.147. The van der Waals surface area contributed by atoms with Crippen LogP contribution < -0.4 is 20.1 Å². The number of carbonyl (C=O) groups is 3. The molecular weight excluding hydrogens is 360 g/mol. The Kier molecular flexibility index (Phi) is 5.69. The number of hydrogen-bond donors (Lipinski definition) is 2. The largest absolute Gasteiger partial charge is 0.454 e. The third-order valence-corrected chi connectivity index (χ3v) is 4.31. The molecule has 3 rings (SSSR count). The summed E-state index contributed by atoms with van der Waals surface area (Å²) in [5, 5.41) is 6.97. The van der Waals surface area contributed by atoms with E-state index in [2.05, 4.69) is 10.6 Å². The van der Waals surface area contributed by atoms with Gasteiger partial charge in [-0.3, -0.25) is 14.4 Å². The molecule has 136 valence electrons. The highest BCUT2D eigenvalue weighted by molar-refractivity contribution is 7.09. The van der Waals surface area contributed by atoms with Crippen LogP contribution in [0.5, 0.6) is 11.5 Å². The van der Waals surface area contributed by atoms with Crippen molar-refractivity contribution in [2.24, 2.45) is 0 Å². The monoisotopic (exact) mass is 376 g/mol. The number of amides is 2. The van der Waals surface area contributed by atoms with Crippen molar-refractivity contribution < 1.29 is 28.6 Å². The zero-order valence-corrected chi connectivity index (χ0v) is 14.5. The summed E-state index contributed by atoms with van der Waals surface area (Å²) < 4.78 is 15.2. The first kappa shape index (κ1) is 17.7. The van der Waals surface area contributed by atoms with E-state index in [1.54, 1.807) is 12.1 Å². The van der Waals surface area contributed by atoms with Gasteiger partial charge < -0.3 is 24.8 Å². The predicted molar refractivity (Wildman–Crippen MR) is 92.0 cm³/mol. The third kappa shape index (κ3) is 4.73. The average molecular weight is 376 g/mol. The molecule has 9 heteroatoms. The summed E-state index contributed by atoms with van der Waals surface area (Å²) in [6, 6.07) is 8.48. The van der Waals surface area contributed by atoms with Crippen molar-refractivity contribution in [3.05, 3.63) is 46.2 Å². The maximum absolute atomic E-state index is 12.0. The molecule has 0 atom stereocenters. The van der Waals surface area contributed by atoms with Crippen LogP contribution in [0.15, 0.2) is 35.7 Å². The summed E-state index contributed by atoms with van der Waals surface area (Å²) in [7, 11) is 0. The van der Waals surface area contributed by atoms with Crippen LogP contribution in [0.2, 0.25) is 0 Å². The fourth-order valence-electron chi connectivity index (χ4n) is 2.14. The van der Waals surface area contributed by atoms with Crippen LogP contribution >= 0.6 is 11.3 Å². The van der Waals surface area contributed by atoms with E-state index in [4.69, 9.17) is 14.2 Å². The van der Waals surface area contributed by atoms with Crippen molar-refractivity contribution in [3.8, 4) is 11.5 Å². The molecule has 1 aromatic heterocycles. The first-order valence-corrected chi connectivity index (χ1v) is 8.62. The van der Waals surface area contributed by atoms with Crippen LogP contribution in [-0.4, -0.2) is 37.7 Å². The molecule has 0 radical (unpaired) electrons. The minimum Gasteiger partial charge on any atom is -0.454 e. The first-order valence-electron chi connectivity index (χ1n) is 7.74. The molecule has 2 N–H and O–H groups in total. The Balaban J connectivity index is 1.37. The lowest BCUT2D eigenvalue weighted by atomic mass is 10.2. The molecule has 0 saturated carbocycles. The fraction of sp³-hybridized carbons (Fsp3) is 0.235. The van der Waals surface area contributed by atoms with Gasteiger partial charge in [0.25, 0.3) is 11.8 Å². The molecule has 2 aromatic rings. The maximum atomic E-state index is 12.0. The maximum Gasteiger partial charge on any atom is 0.325 e. The molecule has 1 aromatic carbocycles. The molecule has 1 aliphatic heterocycles. The van der Waals surface area contributed by atoms with Crippen molar-refractivity contribution in [1.82, 2.24) is 10.6 Å². The SMILES string of the molecule is O=C(COC(=O)CNC(=O)c1ccc2c(c1)OCO2)NCc1cccs1. The van der Waals surface area contributed by atoms with Gasteiger partial charge in [0.1, 0.15) is 6.54 Å². The molecule has 8 nitrogen and oxygen atoms in total. The molecule has 0 bridgehead atoms. The Bertz CT molecular complexity index is 806. The number of fused-ring (bicyclic) bond motifs is 1. The molecule has 0 spiro atoms. The highest BCUT2D eigenvalue weighted by Gasteiger charge is 2.17. The van der Waals surface area contributed by atoms with Gasteiger partial charge in [0.2, 0.25) is 6.79 Å². The van der Waals surface area contributed by atoms with Gasteiger partial charge in [0.05, 0.1) is 6.54 Å². The summed E-state index contributed by atoms with van der Waals surface area (Å²) in [4.78, 5) is 36.3. The number of nitrogens with one attached hydrogen (secondary N) is 2. The summed E-state index contributed by atoms with van der Waals surface area (Å²) >= 11 is 1.52. The van der Waals surface area contributed by atoms with Crippen molar-refractivity contribution in [1.29, 1.82) is 0 Å². The number of benzene rings is 1. The van der Waals surface area contributed by atoms with E-state index in [0.29, 0.717) is 23.6 Å². The smallest absolute Gasteiger partial charge is 0.325 e. The fourth-order valence-corrected chi connectivity index (χ4v) is 2.78. The lowest BCUT2D eigenvalue weighted by Crippen LogP contribution is -2.33. The zero-order valence-electron chi connectivity index (χ0n) is 13.7. The molecule has 1 aliphatic rings. The van der Waals surface area contributed by atoms with Crippen LogP contribution in [0.3, 0.4) is 0 Å². The van der Waals surface area contributed by atoms with E-state index in [-0.39, 0.29) is 13.3 Å². The highest BCUT2D eigenvalue weighted by Crippen LogP contribution is 2.32. The molecular formula is C17H16N2O6S. The Hall–Kier alpha value is -3.07. The number of carbonyl (C=O) groups excluding carboxylic acids is 3. The van der Waals surface area contributed by atoms with Crippen LogP contribution in [-0.2, 0) is 20.9 Å². The van der Waals surface area contributed by atoms with Crippen LogP contribution in [0.25, 0.3) is 0 Å². The standard InChI is InChI=1S/C17H16N2O6S/c20-15(18-7-12-2-1-5-26-12)9-23-16(21)8-19-17(22)11-3-4-13-14(6-11)25-10-24-13/h1-6H,7-10H2,(H,18,20)(H,19,22). The Morgan fingerprint density at radius 2 is 1.96 bits per heavy atom. The summed E-state index contributed by atoms with van der Waals surface area (Å²) in [6.45, 7) is -0.244. The van der Waals surface area contributed by atoms with Gasteiger partial charge in [0.15, 0.2) is 18.1 Å². The van der Waals surface area contributed by atoms with Crippen LogP contribution in [0, 0.1) is 0 Å². The van der Waals surface area contributed by atoms with Gasteiger partial charge >= 0.3 is 5.97 Å². The molecule has 2 heterocycles. The van der Waals surface area contributed by atoms with E-state index >= 15 is 0 Å². The normalized spacial score (nSPS) is 11.7. The Labute approximate surface area is 153 Å². The number of rotatable bonds is 7. The van der Waals surface area contributed by atoms with E-state index in [1.807, 2.05) is 17.5 Å². The summed E-state index contributed by atoms with van der Waals surface area (Å²) in [5.41, 5.74) is 0.329. The van der Waals surface area contributed by atoms with Crippen molar-refractivity contribution >= 4 is 29.1 Å². The average Bonchev–Trinajstić information content (AvgIpc) is 3.33. The second-order valence-electron chi connectivity index (χ2n) is 5.27. The molecule has 26 heavy (non-hydrogen) atoms. The summed E-state index contributed by atoms with van der Waals surface area (Å²) in [5.74, 6) is -0.529. The zero-order chi connectivity index (χ0) is 18.4. The van der Waals surface area contributed by atoms with Crippen molar-refractivity contribution in [2.45, 2.75) is 6.54 Å². The van der Waals surface area contributed by atoms with E-state index in [9.17, 15) is 14.4 Å². The van der Waals surface area contributed by atoms with Gasteiger partial charge in [-0.05, 0) is 29.6 Å². The quantitative estimate of drug-likeness (QED) is 0.701. The topological polar surface area (TPSA) is 103 Å². The second kappa shape index (κ2) is 8.34. The Morgan fingerprint density at radius 1 is 1.12 bits per heavy atom. The van der Waals surface area contributed by atoms with E-state index < -0.39 is 24.4 Å². The minimum absolute atomic E-state index is 0.112. The number of ether oxygens (including phenoxy) is 3. The van der Waals surface area contributed by atoms with Crippen LogP contribution in [0.1, 0.15) is 15.2 Å². The van der Waals surface area contributed by atoms with Crippen molar-refractivity contribution in [2.75, 3.05) is 19.9 Å². The van der Waals surface area contributed by atoms with E-state index in [1.165, 1.54) is 17.4 Å². The predicted octanol–water partition coefficient (Wildman–Crippen LogP) is 1.07. The molecule has 0 fully saturated rings. The second-order valence-corrected chi connectivity index (χ2v) is 6.30. The summed E-state index contributed by atoms with van der Waals surface area (Å²) in [6.07, 6.45) is 0. The molecule has 0 unspecified atom stereocenters. The Morgan fingerprint density at radius 3 is 2.77 bits per heavy atom. The van der Waals surface area contributed by atoms with Gasteiger partial charge in [-0.25, -0.2) is 0 Å². The van der Waals surface area contributed by atoms with E-state index in [0.717, 1.165) is 4.88 Å². The molecule has 2 amide bonds. The van der Waals surface area contributed by atoms with Gasteiger partial charge in [-0.1, -0.05) is 6.07 Å². The van der Waals surface area contributed by atoms with Crippen LogP contribution in [0.4, 0.5) is 0 Å². The molecule has 0 saturated heterocycles. The number of hydrogen-bond acceptors (Lipinski definition) is 7. The highest BCUT2D eigenvalue weighted by atomic mass is 32.1. The number of esters is 1. The third-order valence-electron chi connectivity index (χ3n) is 3.43. The number of thiophene rings is 1. The van der Waals surface area contributed by atoms with Crippen molar-refractivity contribution in [3.63, 3.8) is 0 Å².